The van der Waals surface area contributed by atoms with Crippen LogP contribution in [0.3, 0.4) is 0 Å². The van der Waals surface area contributed by atoms with Crippen LogP contribution < -0.4 is 5.32 Å². The molecule has 3 atom stereocenters. The average molecular weight is 281 g/mol. The maximum absolute atomic E-state index is 12.7. The SMILES string of the molecule is CC(C(=O)N1CCOCC1)N1CC2CNCC2C1(C)C. The Kier molecular flexibility index (Phi) is 3.77. The van der Waals surface area contributed by atoms with Gasteiger partial charge < -0.3 is 15.0 Å². The standard InChI is InChI=1S/C15H27N3O2/c1-11(14(19)17-4-6-20-7-5-17)18-10-12-8-16-9-13(12)15(18,2)3/h11-13,16H,4-10H2,1-3H3. The van der Waals surface area contributed by atoms with Gasteiger partial charge in [-0.25, -0.2) is 0 Å². The van der Waals surface area contributed by atoms with Gasteiger partial charge in [0.15, 0.2) is 0 Å². The Balaban J connectivity index is 1.70. The molecule has 0 saturated carbocycles. The molecule has 3 aliphatic heterocycles. The van der Waals surface area contributed by atoms with E-state index >= 15 is 0 Å². The van der Waals surface area contributed by atoms with E-state index < -0.39 is 0 Å². The van der Waals surface area contributed by atoms with E-state index in [0.29, 0.717) is 25.0 Å². The van der Waals surface area contributed by atoms with Crippen molar-refractivity contribution >= 4 is 5.91 Å². The summed E-state index contributed by atoms with van der Waals surface area (Å²) >= 11 is 0. The lowest BCUT2D eigenvalue weighted by atomic mass is 9.84. The minimum atomic E-state index is -0.0197. The summed E-state index contributed by atoms with van der Waals surface area (Å²) in [5.41, 5.74) is 0.107. The highest BCUT2D eigenvalue weighted by atomic mass is 16.5. The zero-order chi connectivity index (χ0) is 14.3. The Morgan fingerprint density at radius 3 is 2.65 bits per heavy atom. The van der Waals surface area contributed by atoms with Gasteiger partial charge in [0.25, 0.3) is 0 Å². The molecule has 3 unspecified atom stereocenters. The first-order chi connectivity index (χ1) is 9.51. The molecule has 3 saturated heterocycles. The first-order valence-corrected chi connectivity index (χ1v) is 7.86. The van der Waals surface area contributed by atoms with Crippen molar-refractivity contribution in [1.29, 1.82) is 0 Å². The molecule has 3 fully saturated rings. The maximum atomic E-state index is 12.7. The third kappa shape index (κ3) is 2.26. The molecule has 5 heteroatoms. The number of amides is 1. The number of ether oxygens (including phenoxy) is 1. The largest absolute Gasteiger partial charge is 0.378 e. The van der Waals surface area contributed by atoms with E-state index in [1.807, 2.05) is 4.90 Å². The second-order valence-electron chi connectivity index (χ2n) is 6.94. The lowest BCUT2D eigenvalue weighted by Crippen LogP contribution is -2.56. The summed E-state index contributed by atoms with van der Waals surface area (Å²) in [7, 11) is 0. The first kappa shape index (κ1) is 14.3. The van der Waals surface area contributed by atoms with Gasteiger partial charge >= 0.3 is 0 Å². The zero-order valence-electron chi connectivity index (χ0n) is 12.9. The highest BCUT2D eigenvalue weighted by Gasteiger charge is 2.52. The fraction of sp³-hybridized carbons (Fsp3) is 0.933. The fourth-order valence-electron chi connectivity index (χ4n) is 4.29. The highest BCUT2D eigenvalue weighted by Crippen LogP contribution is 2.41. The quantitative estimate of drug-likeness (QED) is 0.783. The van der Waals surface area contributed by atoms with Crippen molar-refractivity contribution in [3.05, 3.63) is 0 Å². The van der Waals surface area contributed by atoms with Gasteiger partial charge in [0, 0.05) is 31.7 Å². The van der Waals surface area contributed by atoms with Crippen LogP contribution in [0, 0.1) is 11.8 Å². The molecule has 1 N–H and O–H groups in total. The number of carbonyl (C=O) groups excluding carboxylic acids is 1. The summed E-state index contributed by atoms with van der Waals surface area (Å²) in [6.07, 6.45) is 0. The number of nitrogens with zero attached hydrogens (tertiary/aromatic N) is 2. The van der Waals surface area contributed by atoms with Gasteiger partial charge in [-0.2, -0.15) is 0 Å². The van der Waals surface area contributed by atoms with Crippen LogP contribution in [0.4, 0.5) is 0 Å². The first-order valence-electron chi connectivity index (χ1n) is 7.86. The molecule has 3 heterocycles. The number of morpholine rings is 1. The van der Waals surface area contributed by atoms with Gasteiger partial charge in [-0.15, -0.1) is 0 Å². The van der Waals surface area contributed by atoms with Crippen LogP contribution in [0.15, 0.2) is 0 Å². The molecular weight excluding hydrogens is 254 g/mol. The van der Waals surface area contributed by atoms with Crippen molar-refractivity contribution in [2.24, 2.45) is 11.8 Å². The molecular formula is C15H27N3O2. The average Bonchev–Trinajstić information content (AvgIpc) is 3.01. The van der Waals surface area contributed by atoms with Crippen LogP contribution in [-0.4, -0.2) is 73.2 Å². The van der Waals surface area contributed by atoms with Crippen LogP contribution in [0.25, 0.3) is 0 Å². The van der Waals surface area contributed by atoms with E-state index in [-0.39, 0.29) is 17.5 Å². The van der Waals surface area contributed by atoms with Gasteiger partial charge in [-0.3, -0.25) is 9.69 Å². The van der Waals surface area contributed by atoms with Crippen LogP contribution in [0.2, 0.25) is 0 Å². The Bertz CT molecular complexity index is 379. The van der Waals surface area contributed by atoms with E-state index in [1.165, 1.54) is 0 Å². The summed E-state index contributed by atoms with van der Waals surface area (Å²) in [6, 6.07) is -0.0197. The van der Waals surface area contributed by atoms with Gasteiger partial charge in [0.1, 0.15) is 0 Å². The molecule has 1 amide bonds. The van der Waals surface area contributed by atoms with Crippen molar-refractivity contribution in [2.75, 3.05) is 45.9 Å². The van der Waals surface area contributed by atoms with Crippen molar-refractivity contribution in [2.45, 2.75) is 32.4 Å². The second kappa shape index (κ2) is 5.28. The summed E-state index contributed by atoms with van der Waals surface area (Å²) in [5.74, 6) is 1.64. The smallest absolute Gasteiger partial charge is 0.239 e. The monoisotopic (exact) mass is 281 g/mol. The molecule has 5 nitrogen and oxygen atoms in total. The Morgan fingerprint density at radius 1 is 1.30 bits per heavy atom. The molecule has 3 rings (SSSR count). The van der Waals surface area contributed by atoms with Crippen LogP contribution >= 0.6 is 0 Å². The molecule has 20 heavy (non-hydrogen) atoms. The molecule has 0 bridgehead atoms. The number of hydrogen-bond donors (Lipinski definition) is 1. The van der Waals surface area contributed by atoms with E-state index in [9.17, 15) is 4.79 Å². The number of fused-ring (bicyclic) bond motifs is 1. The third-order valence-electron chi connectivity index (χ3n) is 5.57. The molecule has 3 aliphatic rings. The summed E-state index contributed by atoms with van der Waals surface area (Å²) in [5, 5.41) is 3.49. The molecule has 0 aromatic rings. The number of nitrogens with one attached hydrogen (secondary N) is 1. The van der Waals surface area contributed by atoms with E-state index in [2.05, 4.69) is 31.0 Å². The summed E-state index contributed by atoms with van der Waals surface area (Å²) < 4.78 is 5.34. The summed E-state index contributed by atoms with van der Waals surface area (Å²) in [6.45, 7) is 12.7. The molecule has 0 spiro atoms. The number of rotatable bonds is 2. The van der Waals surface area contributed by atoms with Gasteiger partial charge in [0.2, 0.25) is 5.91 Å². The lowest BCUT2D eigenvalue weighted by molar-refractivity contribution is -0.142. The van der Waals surface area contributed by atoms with Crippen LogP contribution in [-0.2, 0) is 9.53 Å². The van der Waals surface area contributed by atoms with Gasteiger partial charge in [-0.05, 0) is 39.2 Å². The van der Waals surface area contributed by atoms with Gasteiger partial charge in [0.05, 0.1) is 19.3 Å². The van der Waals surface area contributed by atoms with Crippen molar-refractivity contribution < 1.29 is 9.53 Å². The van der Waals surface area contributed by atoms with Crippen molar-refractivity contribution in [3.8, 4) is 0 Å². The summed E-state index contributed by atoms with van der Waals surface area (Å²) in [4.78, 5) is 17.1. The maximum Gasteiger partial charge on any atom is 0.239 e. The minimum Gasteiger partial charge on any atom is -0.378 e. The molecule has 0 radical (unpaired) electrons. The molecule has 0 aromatic carbocycles. The Labute approximate surface area is 121 Å². The molecule has 114 valence electrons. The predicted octanol–water partition coefficient (Wildman–Crippen LogP) is 0.164. The fourth-order valence-corrected chi connectivity index (χ4v) is 4.29. The topological polar surface area (TPSA) is 44.8 Å². The van der Waals surface area contributed by atoms with Crippen molar-refractivity contribution in [1.82, 2.24) is 15.1 Å². The van der Waals surface area contributed by atoms with Crippen LogP contribution in [0.1, 0.15) is 20.8 Å². The minimum absolute atomic E-state index is 0.0197. The number of likely N-dealkylation sites (tertiary alicyclic amines) is 1. The number of carbonyl (C=O) groups is 1. The van der Waals surface area contributed by atoms with Gasteiger partial charge in [-0.1, -0.05) is 0 Å². The third-order valence-corrected chi connectivity index (χ3v) is 5.57. The van der Waals surface area contributed by atoms with Crippen LogP contribution in [0.5, 0.6) is 0 Å². The highest BCUT2D eigenvalue weighted by molar-refractivity contribution is 5.81. The van der Waals surface area contributed by atoms with Crippen molar-refractivity contribution in [3.63, 3.8) is 0 Å². The predicted molar refractivity (Wildman–Crippen MR) is 77.5 cm³/mol. The van der Waals surface area contributed by atoms with E-state index in [4.69, 9.17) is 4.74 Å². The lowest BCUT2D eigenvalue weighted by Gasteiger charge is -2.41. The molecule has 0 aromatic heterocycles. The Morgan fingerprint density at radius 2 is 2.00 bits per heavy atom. The van der Waals surface area contributed by atoms with E-state index in [0.717, 1.165) is 32.7 Å². The second-order valence-corrected chi connectivity index (χ2v) is 6.94. The zero-order valence-corrected chi connectivity index (χ0v) is 12.9. The number of hydrogen-bond acceptors (Lipinski definition) is 4. The van der Waals surface area contributed by atoms with E-state index in [1.54, 1.807) is 0 Å². The Hall–Kier alpha value is -0.650. The molecule has 0 aliphatic carbocycles. The normalized spacial score (nSPS) is 35.0.